The second-order valence-corrected chi connectivity index (χ2v) is 8.77. The lowest BCUT2D eigenvalue weighted by Crippen LogP contribution is -2.40. The molecule has 6 nitrogen and oxygen atoms in total. The van der Waals surface area contributed by atoms with Crippen molar-refractivity contribution >= 4 is 29.2 Å². The molecule has 0 N–H and O–H groups in total. The third-order valence-corrected chi connectivity index (χ3v) is 6.21. The van der Waals surface area contributed by atoms with E-state index in [-0.39, 0.29) is 29.7 Å². The topological polar surface area (TPSA) is 62.2 Å². The second kappa shape index (κ2) is 13.6. The highest BCUT2D eigenvalue weighted by molar-refractivity contribution is 6.43. The third kappa shape index (κ3) is 7.26. The standard InChI is InChI=1S/C29H38FN3O3/c1-8-11-13-21(5)32(6)29(35)25-19-23(9-2)33(7)26(31-25)18-20(4)24-15-12-14-22(28(24)30)16-17-27(34)36-10-3/h12,14-19,21H,4,8-11,13H2,1-3,5-7H3/b17-16+,26-18-. The van der Waals surface area contributed by atoms with Gasteiger partial charge in [0.1, 0.15) is 17.3 Å². The number of aliphatic imine (C=N–C) groups is 1. The lowest BCUT2D eigenvalue weighted by molar-refractivity contribution is -0.137. The smallest absolute Gasteiger partial charge is 0.330 e. The maximum absolute atomic E-state index is 15.2. The van der Waals surface area contributed by atoms with E-state index in [0.29, 0.717) is 23.5 Å². The number of unbranched alkanes of at least 4 members (excludes halogenated alkanes) is 1. The van der Waals surface area contributed by atoms with Crippen LogP contribution in [0.25, 0.3) is 11.6 Å². The minimum Gasteiger partial charge on any atom is -0.463 e. The second-order valence-electron chi connectivity index (χ2n) is 8.77. The summed E-state index contributed by atoms with van der Waals surface area (Å²) in [6.07, 6.45) is 9.81. The molecule has 2 rings (SSSR count). The summed E-state index contributed by atoms with van der Waals surface area (Å²) >= 11 is 0. The van der Waals surface area contributed by atoms with E-state index < -0.39 is 11.8 Å². The van der Waals surface area contributed by atoms with Crippen LogP contribution in [0.5, 0.6) is 0 Å². The zero-order chi connectivity index (χ0) is 26.8. The molecule has 0 radical (unpaired) electrons. The maximum atomic E-state index is 15.2. The molecule has 1 aromatic rings. The maximum Gasteiger partial charge on any atom is 0.330 e. The van der Waals surface area contributed by atoms with Crippen molar-refractivity contribution in [3.63, 3.8) is 0 Å². The van der Waals surface area contributed by atoms with Gasteiger partial charge < -0.3 is 14.5 Å². The zero-order valence-electron chi connectivity index (χ0n) is 22.3. The van der Waals surface area contributed by atoms with Gasteiger partial charge in [0.15, 0.2) is 0 Å². The van der Waals surface area contributed by atoms with Gasteiger partial charge in [0, 0.05) is 43.0 Å². The lowest BCUT2D eigenvalue weighted by Gasteiger charge is -2.30. The Labute approximate surface area is 214 Å². The largest absolute Gasteiger partial charge is 0.463 e. The average molecular weight is 496 g/mol. The number of nitrogens with zero attached hydrogens (tertiary/aromatic N) is 3. The Morgan fingerprint density at radius 1 is 1.28 bits per heavy atom. The van der Waals surface area contributed by atoms with Gasteiger partial charge in [-0.1, -0.05) is 51.5 Å². The fraction of sp³-hybridized carbons (Fsp3) is 0.414. The molecule has 1 amide bonds. The van der Waals surface area contributed by atoms with Gasteiger partial charge in [-0.05, 0) is 50.5 Å². The Morgan fingerprint density at radius 2 is 2.00 bits per heavy atom. The highest BCUT2D eigenvalue weighted by Gasteiger charge is 2.25. The number of esters is 1. The van der Waals surface area contributed by atoms with Crippen molar-refractivity contribution < 1.29 is 18.7 Å². The summed E-state index contributed by atoms with van der Waals surface area (Å²) in [6, 6.07) is 4.98. The lowest BCUT2D eigenvalue weighted by atomic mass is 10.0. The molecule has 0 fully saturated rings. The first-order valence-electron chi connectivity index (χ1n) is 12.5. The predicted molar refractivity (Wildman–Crippen MR) is 145 cm³/mol. The molecule has 1 aliphatic heterocycles. The van der Waals surface area contributed by atoms with Crippen LogP contribution in [-0.2, 0) is 14.3 Å². The van der Waals surface area contributed by atoms with E-state index in [1.165, 1.54) is 12.2 Å². The molecule has 194 valence electrons. The molecule has 1 aromatic carbocycles. The van der Waals surface area contributed by atoms with Crippen LogP contribution < -0.4 is 0 Å². The fourth-order valence-corrected chi connectivity index (χ4v) is 3.79. The predicted octanol–water partition coefficient (Wildman–Crippen LogP) is 5.97. The number of allylic oxidation sites excluding steroid dienone is 3. The van der Waals surface area contributed by atoms with Crippen LogP contribution in [0.1, 0.15) is 64.5 Å². The first-order valence-corrected chi connectivity index (χ1v) is 12.5. The summed E-state index contributed by atoms with van der Waals surface area (Å²) in [7, 11) is 3.66. The molecule has 36 heavy (non-hydrogen) atoms. The van der Waals surface area contributed by atoms with Crippen molar-refractivity contribution in [1.82, 2.24) is 9.80 Å². The van der Waals surface area contributed by atoms with Crippen molar-refractivity contribution in [2.45, 2.75) is 59.4 Å². The third-order valence-electron chi connectivity index (χ3n) is 6.21. The number of halogens is 1. The molecule has 1 atom stereocenters. The summed E-state index contributed by atoms with van der Waals surface area (Å²) in [4.78, 5) is 33.1. The summed E-state index contributed by atoms with van der Waals surface area (Å²) in [5.74, 6) is -0.684. The van der Waals surface area contributed by atoms with Crippen LogP contribution in [-0.4, -0.2) is 54.1 Å². The molecule has 0 saturated heterocycles. The number of benzene rings is 1. The molecule has 0 saturated carbocycles. The molecule has 0 aromatic heterocycles. The monoisotopic (exact) mass is 495 g/mol. The number of carbonyl (C=O) groups is 2. The van der Waals surface area contributed by atoms with E-state index >= 15 is 4.39 Å². The molecule has 1 aliphatic rings. The number of hydrogen-bond donors (Lipinski definition) is 0. The Balaban J connectivity index is 2.37. The van der Waals surface area contributed by atoms with Gasteiger partial charge in [0.25, 0.3) is 5.91 Å². The van der Waals surface area contributed by atoms with Gasteiger partial charge in [-0.15, -0.1) is 0 Å². The Kier molecular flexibility index (Phi) is 10.8. The normalized spacial score (nSPS) is 15.5. The minimum absolute atomic E-state index is 0.0974. The zero-order valence-corrected chi connectivity index (χ0v) is 22.3. The number of rotatable bonds is 11. The molecule has 1 unspecified atom stereocenters. The Bertz CT molecular complexity index is 1100. The molecular weight excluding hydrogens is 457 g/mol. The first-order chi connectivity index (χ1) is 17.1. The van der Waals surface area contributed by atoms with E-state index in [1.54, 1.807) is 43.1 Å². The molecule has 0 aliphatic carbocycles. The number of ether oxygens (including phenoxy) is 1. The highest BCUT2D eigenvalue weighted by atomic mass is 19.1. The molecule has 0 bridgehead atoms. The van der Waals surface area contributed by atoms with Crippen molar-refractivity contribution in [2.24, 2.45) is 4.99 Å². The van der Waals surface area contributed by atoms with Gasteiger partial charge in [0.05, 0.1) is 6.61 Å². The summed E-state index contributed by atoms with van der Waals surface area (Å²) in [5, 5.41) is 0. The van der Waals surface area contributed by atoms with Crippen molar-refractivity contribution in [2.75, 3.05) is 20.7 Å². The summed E-state index contributed by atoms with van der Waals surface area (Å²) < 4.78 is 20.1. The fourth-order valence-electron chi connectivity index (χ4n) is 3.79. The van der Waals surface area contributed by atoms with Crippen LogP contribution in [0.3, 0.4) is 0 Å². The summed E-state index contributed by atoms with van der Waals surface area (Å²) in [6.45, 7) is 12.2. The Morgan fingerprint density at radius 3 is 2.64 bits per heavy atom. The van der Waals surface area contributed by atoms with E-state index in [2.05, 4.69) is 18.5 Å². The summed E-state index contributed by atoms with van der Waals surface area (Å²) in [5.41, 5.74) is 2.20. The number of hydrogen-bond acceptors (Lipinski definition) is 5. The van der Waals surface area contributed by atoms with Crippen molar-refractivity contribution in [3.05, 3.63) is 71.5 Å². The van der Waals surface area contributed by atoms with Crippen LogP contribution in [0.2, 0.25) is 0 Å². The van der Waals surface area contributed by atoms with E-state index in [9.17, 15) is 9.59 Å². The number of amides is 1. The first kappa shape index (κ1) is 28.8. The quantitative estimate of drug-likeness (QED) is 0.280. The van der Waals surface area contributed by atoms with Crippen LogP contribution in [0.15, 0.2) is 59.5 Å². The number of carbonyl (C=O) groups excluding carboxylic acids is 2. The van der Waals surface area contributed by atoms with E-state index in [0.717, 1.165) is 25.0 Å². The molecule has 0 spiro atoms. The SMILES string of the molecule is C=C(/C=C1/N=C(C(=O)N(C)C(C)CCCC)C=C(CC)N1C)c1cccc(/C=C/C(=O)OCC)c1F. The van der Waals surface area contributed by atoms with Crippen molar-refractivity contribution in [1.29, 1.82) is 0 Å². The van der Waals surface area contributed by atoms with Crippen LogP contribution in [0, 0.1) is 5.82 Å². The van der Waals surface area contributed by atoms with Crippen molar-refractivity contribution in [3.8, 4) is 0 Å². The van der Waals surface area contributed by atoms with Gasteiger partial charge in [-0.2, -0.15) is 0 Å². The van der Waals surface area contributed by atoms with Gasteiger partial charge in [0.2, 0.25) is 0 Å². The minimum atomic E-state index is -0.536. The molecule has 1 heterocycles. The van der Waals surface area contributed by atoms with Crippen LogP contribution >= 0.6 is 0 Å². The average Bonchev–Trinajstić information content (AvgIpc) is 2.86. The Hall–Kier alpha value is -3.48. The van der Waals surface area contributed by atoms with E-state index in [1.807, 2.05) is 31.9 Å². The molecule has 7 heteroatoms. The molecular formula is C29H38FN3O3. The highest BCUT2D eigenvalue weighted by Crippen LogP contribution is 2.27. The van der Waals surface area contributed by atoms with Gasteiger partial charge in [-0.25, -0.2) is 14.2 Å². The van der Waals surface area contributed by atoms with Crippen LogP contribution in [0.4, 0.5) is 4.39 Å². The van der Waals surface area contributed by atoms with E-state index in [4.69, 9.17) is 4.74 Å². The van der Waals surface area contributed by atoms with Gasteiger partial charge >= 0.3 is 5.97 Å². The van der Waals surface area contributed by atoms with Gasteiger partial charge in [-0.3, -0.25) is 4.79 Å².